The van der Waals surface area contributed by atoms with Crippen molar-refractivity contribution in [3.8, 4) is 0 Å². The summed E-state index contributed by atoms with van der Waals surface area (Å²) < 4.78 is 0. The van der Waals surface area contributed by atoms with E-state index in [1.807, 2.05) is 0 Å². The fourth-order valence-electron chi connectivity index (χ4n) is 2.31. The van der Waals surface area contributed by atoms with Crippen molar-refractivity contribution in [3.63, 3.8) is 0 Å². The highest BCUT2D eigenvalue weighted by molar-refractivity contribution is 5.60. The second kappa shape index (κ2) is 2.23. The number of hydrogen-bond donors (Lipinski definition) is 2. The second-order valence-corrected chi connectivity index (χ2v) is 3.60. The molecule has 2 N–H and O–H groups in total. The fourth-order valence-corrected chi connectivity index (χ4v) is 2.31. The maximum absolute atomic E-state index is 3.53. The van der Waals surface area contributed by atoms with Crippen LogP contribution in [0.15, 0.2) is 24.3 Å². The minimum Gasteiger partial charge on any atom is -0.380 e. The molecule has 0 aromatic heterocycles. The molecule has 2 heterocycles. The maximum Gasteiger partial charge on any atom is 0.0467 e. The van der Waals surface area contributed by atoms with E-state index in [9.17, 15) is 0 Å². The van der Waals surface area contributed by atoms with Crippen molar-refractivity contribution in [1.82, 2.24) is 5.32 Å². The van der Waals surface area contributed by atoms with E-state index in [0.29, 0.717) is 12.0 Å². The van der Waals surface area contributed by atoms with Gasteiger partial charge in [-0.25, -0.2) is 0 Å². The molecule has 1 aromatic carbocycles. The van der Waals surface area contributed by atoms with Gasteiger partial charge in [-0.1, -0.05) is 18.2 Å². The normalized spacial score (nSPS) is 31.0. The molecule has 0 saturated carbocycles. The molecule has 62 valence electrons. The molecule has 0 spiro atoms. The van der Waals surface area contributed by atoms with Gasteiger partial charge in [0, 0.05) is 30.7 Å². The van der Waals surface area contributed by atoms with Crippen LogP contribution in [0.1, 0.15) is 11.5 Å². The molecule has 2 heteroatoms. The van der Waals surface area contributed by atoms with Gasteiger partial charge in [0.2, 0.25) is 0 Å². The minimum atomic E-state index is 0.641. The summed E-state index contributed by atoms with van der Waals surface area (Å²) in [7, 11) is 0. The first-order valence-electron chi connectivity index (χ1n) is 4.51. The van der Waals surface area contributed by atoms with Gasteiger partial charge in [-0.05, 0) is 11.6 Å². The van der Waals surface area contributed by atoms with Gasteiger partial charge in [0.15, 0.2) is 0 Å². The topological polar surface area (TPSA) is 24.1 Å². The van der Waals surface area contributed by atoms with E-state index in [1.165, 1.54) is 11.3 Å². The summed E-state index contributed by atoms with van der Waals surface area (Å²) in [6.45, 7) is 2.24. The van der Waals surface area contributed by atoms with Gasteiger partial charge in [0.25, 0.3) is 0 Å². The van der Waals surface area contributed by atoms with Crippen LogP contribution in [0.5, 0.6) is 0 Å². The van der Waals surface area contributed by atoms with E-state index in [0.717, 1.165) is 13.1 Å². The zero-order valence-electron chi connectivity index (χ0n) is 6.88. The smallest absolute Gasteiger partial charge is 0.0467 e. The number of rotatable bonds is 0. The molecular formula is C10H12N2. The van der Waals surface area contributed by atoms with Crippen molar-refractivity contribution < 1.29 is 0 Å². The first-order valence-corrected chi connectivity index (χ1v) is 4.51. The molecule has 12 heavy (non-hydrogen) atoms. The number of para-hydroxylation sites is 1. The standard InChI is InChI=1S/C10H12N2/c1-2-4-9-7(3-1)8-5-11-6-10(8)12-9/h1-4,8,10-12H,5-6H2. The van der Waals surface area contributed by atoms with Gasteiger partial charge in [0.05, 0.1) is 0 Å². The number of fused-ring (bicyclic) bond motifs is 3. The Morgan fingerprint density at radius 3 is 3.08 bits per heavy atom. The van der Waals surface area contributed by atoms with Gasteiger partial charge in [0.1, 0.15) is 0 Å². The highest BCUT2D eigenvalue weighted by Gasteiger charge is 2.34. The van der Waals surface area contributed by atoms with Crippen molar-refractivity contribution >= 4 is 5.69 Å². The Labute approximate surface area is 72.0 Å². The largest absolute Gasteiger partial charge is 0.380 e. The Morgan fingerprint density at radius 2 is 2.08 bits per heavy atom. The molecule has 1 saturated heterocycles. The molecule has 1 aromatic rings. The van der Waals surface area contributed by atoms with Gasteiger partial charge in [-0.2, -0.15) is 0 Å². The summed E-state index contributed by atoms with van der Waals surface area (Å²) in [6.07, 6.45) is 0. The van der Waals surface area contributed by atoms with Gasteiger partial charge >= 0.3 is 0 Å². The molecule has 0 bridgehead atoms. The summed E-state index contributed by atoms with van der Waals surface area (Å²) in [5.74, 6) is 0.709. The Balaban J connectivity index is 2.09. The SMILES string of the molecule is c1ccc2c(c1)NC1CNCC21. The lowest BCUT2D eigenvalue weighted by Crippen LogP contribution is -2.20. The van der Waals surface area contributed by atoms with E-state index in [1.54, 1.807) is 0 Å². The van der Waals surface area contributed by atoms with E-state index in [2.05, 4.69) is 34.9 Å². The summed E-state index contributed by atoms with van der Waals surface area (Å²) in [5.41, 5.74) is 2.83. The quantitative estimate of drug-likeness (QED) is 0.595. The van der Waals surface area contributed by atoms with Crippen LogP contribution in [0, 0.1) is 0 Å². The van der Waals surface area contributed by atoms with Crippen molar-refractivity contribution in [1.29, 1.82) is 0 Å². The van der Waals surface area contributed by atoms with Crippen LogP contribution < -0.4 is 10.6 Å². The maximum atomic E-state index is 3.53. The van der Waals surface area contributed by atoms with Crippen LogP contribution in [0.25, 0.3) is 0 Å². The average Bonchev–Trinajstić information content (AvgIpc) is 2.62. The average molecular weight is 160 g/mol. The van der Waals surface area contributed by atoms with Crippen LogP contribution in [-0.4, -0.2) is 19.1 Å². The predicted molar refractivity (Wildman–Crippen MR) is 49.5 cm³/mol. The molecule has 1 fully saturated rings. The Morgan fingerprint density at radius 1 is 1.17 bits per heavy atom. The molecule has 0 amide bonds. The monoisotopic (exact) mass is 160 g/mol. The molecule has 3 rings (SSSR count). The van der Waals surface area contributed by atoms with Crippen LogP contribution in [0.3, 0.4) is 0 Å². The van der Waals surface area contributed by atoms with Crippen LogP contribution >= 0.6 is 0 Å². The third-order valence-corrected chi connectivity index (χ3v) is 2.92. The highest BCUT2D eigenvalue weighted by atomic mass is 15.1. The Kier molecular flexibility index (Phi) is 1.21. The molecule has 2 aliphatic heterocycles. The van der Waals surface area contributed by atoms with Crippen LogP contribution in [0.4, 0.5) is 5.69 Å². The lowest BCUT2D eigenvalue weighted by atomic mass is 9.98. The molecule has 2 unspecified atom stereocenters. The number of benzene rings is 1. The van der Waals surface area contributed by atoms with Gasteiger partial charge < -0.3 is 10.6 Å². The van der Waals surface area contributed by atoms with Crippen molar-refractivity contribution in [2.24, 2.45) is 0 Å². The fraction of sp³-hybridized carbons (Fsp3) is 0.400. The third-order valence-electron chi connectivity index (χ3n) is 2.92. The highest BCUT2D eigenvalue weighted by Crippen LogP contribution is 2.36. The van der Waals surface area contributed by atoms with Crippen molar-refractivity contribution in [2.45, 2.75) is 12.0 Å². The lowest BCUT2D eigenvalue weighted by molar-refractivity contribution is 0.736. The first-order chi connectivity index (χ1) is 5.95. The molecular weight excluding hydrogens is 148 g/mol. The molecule has 2 nitrogen and oxygen atoms in total. The zero-order chi connectivity index (χ0) is 7.97. The Bertz CT molecular complexity index is 308. The predicted octanol–water partition coefficient (Wildman–Crippen LogP) is 1.17. The van der Waals surface area contributed by atoms with Crippen molar-refractivity contribution in [3.05, 3.63) is 29.8 Å². The van der Waals surface area contributed by atoms with Crippen LogP contribution in [0.2, 0.25) is 0 Å². The molecule has 2 atom stereocenters. The third kappa shape index (κ3) is 0.730. The van der Waals surface area contributed by atoms with E-state index in [4.69, 9.17) is 0 Å². The van der Waals surface area contributed by atoms with Gasteiger partial charge in [-0.3, -0.25) is 0 Å². The molecule has 0 radical (unpaired) electrons. The van der Waals surface area contributed by atoms with E-state index in [-0.39, 0.29) is 0 Å². The first kappa shape index (κ1) is 6.49. The van der Waals surface area contributed by atoms with Gasteiger partial charge in [-0.15, -0.1) is 0 Å². The van der Waals surface area contributed by atoms with Crippen molar-refractivity contribution in [2.75, 3.05) is 18.4 Å². The number of anilines is 1. The van der Waals surface area contributed by atoms with E-state index < -0.39 is 0 Å². The summed E-state index contributed by atoms with van der Waals surface area (Å²) >= 11 is 0. The zero-order valence-corrected chi connectivity index (χ0v) is 6.88. The minimum absolute atomic E-state index is 0.641. The summed E-state index contributed by atoms with van der Waals surface area (Å²) in [6, 6.07) is 9.28. The number of hydrogen-bond acceptors (Lipinski definition) is 2. The Hall–Kier alpha value is -1.02. The molecule has 2 aliphatic rings. The number of nitrogens with one attached hydrogen (secondary N) is 2. The van der Waals surface area contributed by atoms with E-state index >= 15 is 0 Å². The summed E-state index contributed by atoms with van der Waals surface area (Å²) in [5, 5.41) is 6.94. The summed E-state index contributed by atoms with van der Waals surface area (Å²) in [4.78, 5) is 0. The van der Waals surface area contributed by atoms with Crippen LogP contribution in [-0.2, 0) is 0 Å². The second-order valence-electron chi connectivity index (χ2n) is 3.60. The molecule has 0 aliphatic carbocycles. The lowest BCUT2D eigenvalue weighted by Gasteiger charge is -2.06.